The lowest BCUT2D eigenvalue weighted by Crippen LogP contribution is -2.11. The SMILES string of the molecule is COCCCC(O)Cc1cncc(Br)c1. The third-order valence-electron chi connectivity index (χ3n) is 2.12. The van der Waals surface area contributed by atoms with Gasteiger partial charge in [-0.3, -0.25) is 4.98 Å². The first kappa shape index (κ1) is 12.6. The zero-order valence-corrected chi connectivity index (χ0v) is 10.4. The van der Waals surface area contributed by atoms with Crippen LogP contribution in [0.5, 0.6) is 0 Å². The molecule has 1 N–H and O–H groups in total. The molecule has 0 radical (unpaired) electrons. The molecule has 84 valence electrons. The Hall–Kier alpha value is -0.450. The van der Waals surface area contributed by atoms with Crippen LogP contribution in [0.4, 0.5) is 0 Å². The fraction of sp³-hybridized carbons (Fsp3) is 0.545. The topological polar surface area (TPSA) is 42.4 Å². The summed E-state index contributed by atoms with van der Waals surface area (Å²) in [7, 11) is 1.67. The Labute approximate surface area is 98.6 Å². The molecule has 1 aromatic heterocycles. The summed E-state index contributed by atoms with van der Waals surface area (Å²) in [4.78, 5) is 4.05. The summed E-state index contributed by atoms with van der Waals surface area (Å²) in [5.41, 5.74) is 1.05. The van der Waals surface area contributed by atoms with Crippen LogP contribution >= 0.6 is 15.9 Å². The van der Waals surface area contributed by atoms with Gasteiger partial charge in [0.2, 0.25) is 0 Å². The maximum atomic E-state index is 9.72. The summed E-state index contributed by atoms with van der Waals surface area (Å²) in [5.74, 6) is 0. The summed E-state index contributed by atoms with van der Waals surface area (Å²) in [6.45, 7) is 0.702. The number of hydrogen-bond acceptors (Lipinski definition) is 3. The normalized spacial score (nSPS) is 12.7. The first-order valence-electron chi connectivity index (χ1n) is 4.99. The molecule has 1 rings (SSSR count). The Morgan fingerprint density at radius 2 is 2.33 bits per heavy atom. The molecule has 0 saturated heterocycles. The molecule has 0 aliphatic carbocycles. The van der Waals surface area contributed by atoms with Gasteiger partial charge in [0, 0.05) is 30.6 Å². The van der Waals surface area contributed by atoms with E-state index in [0.29, 0.717) is 13.0 Å². The van der Waals surface area contributed by atoms with Crippen molar-refractivity contribution in [1.29, 1.82) is 0 Å². The Bertz CT molecular complexity index is 294. The number of aromatic nitrogens is 1. The van der Waals surface area contributed by atoms with Gasteiger partial charge in [-0.25, -0.2) is 0 Å². The lowest BCUT2D eigenvalue weighted by molar-refractivity contribution is 0.135. The molecule has 1 heterocycles. The van der Waals surface area contributed by atoms with Crippen LogP contribution in [0.3, 0.4) is 0 Å². The lowest BCUT2D eigenvalue weighted by Gasteiger charge is -2.09. The van der Waals surface area contributed by atoms with Crippen LogP contribution in [0.15, 0.2) is 22.9 Å². The first-order valence-corrected chi connectivity index (χ1v) is 5.78. The Morgan fingerprint density at radius 3 is 3.00 bits per heavy atom. The van der Waals surface area contributed by atoms with Gasteiger partial charge in [-0.1, -0.05) is 0 Å². The highest BCUT2D eigenvalue weighted by atomic mass is 79.9. The van der Waals surface area contributed by atoms with Crippen molar-refractivity contribution in [3.05, 3.63) is 28.5 Å². The number of ether oxygens (including phenoxy) is 1. The lowest BCUT2D eigenvalue weighted by atomic mass is 10.1. The van der Waals surface area contributed by atoms with Gasteiger partial charge in [-0.05, 0) is 46.8 Å². The van der Waals surface area contributed by atoms with Crippen LogP contribution in [0.2, 0.25) is 0 Å². The average molecular weight is 274 g/mol. The van der Waals surface area contributed by atoms with Crippen LogP contribution in [-0.2, 0) is 11.2 Å². The van der Waals surface area contributed by atoms with Crippen molar-refractivity contribution in [2.75, 3.05) is 13.7 Å². The molecule has 1 unspecified atom stereocenters. The smallest absolute Gasteiger partial charge is 0.0582 e. The van der Waals surface area contributed by atoms with Gasteiger partial charge in [0.1, 0.15) is 0 Å². The molecular formula is C11H16BrNO2. The van der Waals surface area contributed by atoms with Gasteiger partial charge in [-0.2, -0.15) is 0 Å². The molecule has 15 heavy (non-hydrogen) atoms. The minimum atomic E-state index is -0.309. The van der Waals surface area contributed by atoms with Gasteiger partial charge in [0.25, 0.3) is 0 Å². The molecule has 4 heteroatoms. The summed E-state index contributed by atoms with van der Waals surface area (Å²) in [6.07, 6.45) is 5.51. The number of aliphatic hydroxyl groups is 1. The minimum Gasteiger partial charge on any atom is -0.393 e. The summed E-state index contributed by atoms with van der Waals surface area (Å²) < 4.78 is 5.88. The predicted octanol–water partition coefficient (Wildman–Crippen LogP) is 2.17. The van der Waals surface area contributed by atoms with E-state index < -0.39 is 0 Å². The van der Waals surface area contributed by atoms with Crippen molar-refractivity contribution < 1.29 is 9.84 Å². The summed E-state index contributed by atoms with van der Waals surface area (Å²) in [6, 6.07) is 1.98. The molecule has 0 saturated carbocycles. The van der Waals surface area contributed by atoms with E-state index in [4.69, 9.17) is 4.74 Å². The average Bonchev–Trinajstić information content (AvgIpc) is 2.18. The second kappa shape index (κ2) is 6.93. The third-order valence-corrected chi connectivity index (χ3v) is 2.55. The maximum absolute atomic E-state index is 9.72. The zero-order chi connectivity index (χ0) is 11.1. The molecule has 0 amide bonds. The molecule has 0 bridgehead atoms. The van der Waals surface area contributed by atoms with Crippen molar-refractivity contribution in [1.82, 2.24) is 4.98 Å². The summed E-state index contributed by atoms with van der Waals surface area (Å²) in [5, 5.41) is 9.72. The highest BCUT2D eigenvalue weighted by Crippen LogP contribution is 2.12. The fourth-order valence-corrected chi connectivity index (χ4v) is 1.82. The highest BCUT2D eigenvalue weighted by molar-refractivity contribution is 9.10. The van der Waals surface area contributed by atoms with E-state index in [9.17, 15) is 5.11 Å². The maximum Gasteiger partial charge on any atom is 0.0582 e. The molecule has 0 spiro atoms. The predicted molar refractivity (Wildman–Crippen MR) is 62.8 cm³/mol. The number of pyridine rings is 1. The number of nitrogens with zero attached hydrogens (tertiary/aromatic N) is 1. The van der Waals surface area contributed by atoms with Gasteiger partial charge < -0.3 is 9.84 Å². The molecule has 0 aliphatic heterocycles. The van der Waals surface area contributed by atoms with E-state index in [1.807, 2.05) is 6.07 Å². The molecule has 1 atom stereocenters. The highest BCUT2D eigenvalue weighted by Gasteiger charge is 2.05. The minimum absolute atomic E-state index is 0.309. The standard InChI is InChI=1S/C11H16BrNO2/c1-15-4-2-3-11(14)6-9-5-10(12)8-13-7-9/h5,7-8,11,14H,2-4,6H2,1H3. The number of methoxy groups -OCH3 is 1. The van der Waals surface area contributed by atoms with Crippen LogP contribution < -0.4 is 0 Å². The second-order valence-electron chi connectivity index (χ2n) is 3.50. The van der Waals surface area contributed by atoms with Gasteiger partial charge in [0.15, 0.2) is 0 Å². The van der Waals surface area contributed by atoms with E-state index >= 15 is 0 Å². The number of rotatable bonds is 6. The van der Waals surface area contributed by atoms with E-state index in [1.165, 1.54) is 0 Å². The molecule has 3 nitrogen and oxygen atoms in total. The van der Waals surface area contributed by atoms with E-state index in [2.05, 4.69) is 20.9 Å². The van der Waals surface area contributed by atoms with Crippen molar-refractivity contribution in [2.24, 2.45) is 0 Å². The van der Waals surface area contributed by atoms with Gasteiger partial charge >= 0.3 is 0 Å². The Morgan fingerprint density at radius 1 is 1.53 bits per heavy atom. The largest absolute Gasteiger partial charge is 0.393 e. The molecule has 0 fully saturated rings. The first-order chi connectivity index (χ1) is 7.22. The Balaban J connectivity index is 2.34. The van der Waals surface area contributed by atoms with Crippen LogP contribution in [0.1, 0.15) is 18.4 Å². The molecular weight excluding hydrogens is 258 g/mol. The monoisotopic (exact) mass is 273 g/mol. The molecule has 0 aliphatic rings. The van der Waals surface area contributed by atoms with Crippen molar-refractivity contribution in [2.45, 2.75) is 25.4 Å². The van der Waals surface area contributed by atoms with Crippen LogP contribution in [-0.4, -0.2) is 29.9 Å². The number of aliphatic hydroxyl groups excluding tert-OH is 1. The van der Waals surface area contributed by atoms with Gasteiger partial charge in [0.05, 0.1) is 6.10 Å². The number of halogens is 1. The fourth-order valence-electron chi connectivity index (χ4n) is 1.40. The third kappa shape index (κ3) is 5.25. The van der Waals surface area contributed by atoms with Gasteiger partial charge in [-0.15, -0.1) is 0 Å². The van der Waals surface area contributed by atoms with E-state index in [1.54, 1.807) is 19.5 Å². The summed E-state index contributed by atoms with van der Waals surface area (Å²) >= 11 is 3.35. The molecule has 1 aromatic rings. The zero-order valence-electron chi connectivity index (χ0n) is 8.82. The van der Waals surface area contributed by atoms with E-state index in [0.717, 1.165) is 22.9 Å². The van der Waals surface area contributed by atoms with Crippen molar-refractivity contribution >= 4 is 15.9 Å². The van der Waals surface area contributed by atoms with Crippen LogP contribution in [0, 0.1) is 0 Å². The number of hydrogen-bond donors (Lipinski definition) is 1. The van der Waals surface area contributed by atoms with Crippen molar-refractivity contribution in [3.8, 4) is 0 Å². The quantitative estimate of drug-likeness (QED) is 0.808. The van der Waals surface area contributed by atoms with E-state index in [-0.39, 0.29) is 6.10 Å². The molecule has 0 aromatic carbocycles. The Kier molecular flexibility index (Phi) is 5.83. The van der Waals surface area contributed by atoms with Crippen LogP contribution in [0.25, 0.3) is 0 Å². The van der Waals surface area contributed by atoms with Crippen molar-refractivity contribution in [3.63, 3.8) is 0 Å². The second-order valence-corrected chi connectivity index (χ2v) is 4.42.